The molecule has 0 aliphatic carbocycles. The summed E-state index contributed by atoms with van der Waals surface area (Å²) in [7, 11) is 1.60. The number of rotatable bonds is 8. The fraction of sp³-hybridized carbons (Fsp3) is 0.154. The fourth-order valence-corrected chi connectivity index (χ4v) is 4.48. The molecule has 1 N–H and O–H groups in total. The number of aliphatic imine (C=N–C) groups is 1. The SMILES string of the molecule is CCOc1cc(/C=C2/SC(=Nc3ccc(OC)cc3)NC2=O)c(Br)cc1OCc1ccccc1F. The predicted octanol–water partition coefficient (Wildman–Crippen LogP) is 6.47. The van der Waals surface area contributed by atoms with Crippen molar-refractivity contribution in [3.63, 3.8) is 0 Å². The van der Waals surface area contributed by atoms with Gasteiger partial charge >= 0.3 is 0 Å². The summed E-state index contributed by atoms with van der Waals surface area (Å²) < 4.78 is 31.4. The minimum absolute atomic E-state index is 0.0586. The topological polar surface area (TPSA) is 69.2 Å². The molecule has 0 radical (unpaired) electrons. The van der Waals surface area contributed by atoms with Crippen LogP contribution in [0.25, 0.3) is 6.08 Å². The summed E-state index contributed by atoms with van der Waals surface area (Å²) in [5.41, 5.74) is 1.88. The van der Waals surface area contributed by atoms with E-state index in [2.05, 4.69) is 26.2 Å². The lowest BCUT2D eigenvalue weighted by atomic mass is 10.1. The lowest BCUT2D eigenvalue weighted by molar-refractivity contribution is -0.115. The van der Waals surface area contributed by atoms with Gasteiger partial charge in [-0.15, -0.1) is 0 Å². The number of carbonyl (C=O) groups is 1. The summed E-state index contributed by atoms with van der Waals surface area (Å²) in [5.74, 6) is 1.12. The van der Waals surface area contributed by atoms with Crippen molar-refractivity contribution in [1.82, 2.24) is 5.32 Å². The van der Waals surface area contributed by atoms with Crippen molar-refractivity contribution < 1.29 is 23.4 Å². The molecule has 0 spiro atoms. The van der Waals surface area contributed by atoms with Crippen molar-refractivity contribution in [2.24, 2.45) is 4.99 Å². The molecule has 180 valence electrons. The lowest BCUT2D eigenvalue weighted by Gasteiger charge is -2.14. The zero-order chi connectivity index (χ0) is 24.8. The number of halogens is 2. The van der Waals surface area contributed by atoms with Gasteiger partial charge in [0, 0.05) is 10.0 Å². The molecule has 0 saturated carbocycles. The summed E-state index contributed by atoms with van der Waals surface area (Å²) >= 11 is 4.79. The van der Waals surface area contributed by atoms with Gasteiger partial charge in [0.2, 0.25) is 0 Å². The molecule has 1 aliphatic rings. The van der Waals surface area contributed by atoms with Crippen LogP contribution in [0.4, 0.5) is 10.1 Å². The van der Waals surface area contributed by atoms with E-state index in [0.717, 1.165) is 11.3 Å². The maximum atomic E-state index is 14.0. The van der Waals surface area contributed by atoms with E-state index in [1.165, 1.54) is 17.8 Å². The van der Waals surface area contributed by atoms with Crippen LogP contribution in [-0.2, 0) is 11.4 Å². The molecular formula is C26H22BrFN2O4S. The van der Waals surface area contributed by atoms with E-state index in [1.54, 1.807) is 55.7 Å². The van der Waals surface area contributed by atoms with Crippen molar-refractivity contribution in [1.29, 1.82) is 0 Å². The number of amides is 1. The smallest absolute Gasteiger partial charge is 0.264 e. The molecule has 35 heavy (non-hydrogen) atoms. The Balaban J connectivity index is 1.55. The van der Waals surface area contributed by atoms with Gasteiger partial charge in [0.05, 0.1) is 24.3 Å². The van der Waals surface area contributed by atoms with Gasteiger partial charge in [0.15, 0.2) is 16.7 Å². The van der Waals surface area contributed by atoms with Crippen molar-refractivity contribution >= 4 is 50.5 Å². The molecule has 1 aliphatic heterocycles. The van der Waals surface area contributed by atoms with Crippen LogP contribution < -0.4 is 19.5 Å². The Morgan fingerprint density at radius 3 is 2.54 bits per heavy atom. The van der Waals surface area contributed by atoms with E-state index >= 15 is 0 Å². The average Bonchev–Trinajstić information content (AvgIpc) is 3.19. The minimum Gasteiger partial charge on any atom is -0.497 e. The number of benzene rings is 3. The number of nitrogens with one attached hydrogen (secondary N) is 1. The third kappa shape index (κ3) is 6.23. The summed E-state index contributed by atoms with van der Waals surface area (Å²) in [4.78, 5) is 17.5. The first kappa shape index (κ1) is 24.8. The van der Waals surface area contributed by atoms with Crippen LogP contribution >= 0.6 is 27.7 Å². The molecular weight excluding hydrogens is 535 g/mol. The molecule has 1 heterocycles. The van der Waals surface area contributed by atoms with Crippen LogP contribution in [0.15, 0.2) is 75.0 Å². The quantitative estimate of drug-likeness (QED) is 0.322. The molecule has 0 aromatic heterocycles. The first-order valence-electron chi connectivity index (χ1n) is 10.7. The number of ether oxygens (including phenoxy) is 3. The maximum Gasteiger partial charge on any atom is 0.264 e. The Bertz CT molecular complexity index is 1300. The number of carbonyl (C=O) groups excluding carboxylic acids is 1. The molecule has 0 atom stereocenters. The highest BCUT2D eigenvalue weighted by Crippen LogP contribution is 2.37. The number of amidine groups is 1. The fourth-order valence-electron chi connectivity index (χ4n) is 3.21. The second-order valence-electron chi connectivity index (χ2n) is 7.31. The van der Waals surface area contributed by atoms with Crippen molar-refractivity contribution in [3.8, 4) is 17.2 Å². The average molecular weight is 557 g/mol. The highest BCUT2D eigenvalue weighted by atomic mass is 79.9. The Morgan fingerprint density at radius 2 is 1.83 bits per heavy atom. The molecule has 1 saturated heterocycles. The molecule has 1 amide bonds. The third-order valence-electron chi connectivity index (χ3n) is 4.94. The van der Waals surface area contributed by atoms with Gasteiger partial charge in [0.25, 0.3) is 5.91 Å². The van der Waals surface area contributed by atoms with Gasteiger partial charge < -0.3 is 19.5 Å². The van der Waals surface area contributed by atoms with Gasteiger partial charge in [-0.3, -0.25) is 4.79 Å². The first-order chi connectivity index (χ1) is 17.0. The number of thioether (sulfide) groups is 1. The number of hydrogen-bond donors (Lipinski definition) is 1. The standard InChI is InChI=1S/C26H22BrFN2O4S/c1-3-33-22-12-17(20(27)14-23(22)34-15-16-6-4-5-7-21(16)28)13-24-25(31)30-26(35-24)29-18-8-10-19(32-2)11-9-18/h4-14H,3,15H2,1-2H3,(H,29,30,31)/b24-13+. The van der Waals surface area contributed by atoms with Gasteiger partial charge in [-0.1, -0.05) is 34.1 Å². The summed E-state index contributed by atoms with van der Waals surface area (Å²) in [6.45, 7) is 2.34. The summed E-state index contributed by atoms with van der Waals surface area (Å²) in [5, 5.41) is 3.27. The predicted molar refractivity (Wildman–Crippen MR) is 140 cm³/mol. The molecule has 4 rings (SSSR count). The van der Waals surface area contributed by atoms with E-state index in [9.17, 15) is 9.18 Å². The van der Waals surface area contributed by atoms with Crippen molar-refractivity contribution in [2.75, 3.05) is 13.7 Å². The monoisotopic (exact) mass is 556 g/mol. The Morgan fingerprint density at radius 1 is 1.09 bits per heavy atom. The van der Waals surface area contributed by atoms with E-state index in [1.807, 2.05) is 19.1 Å². The third-order valence-corrected chi connectivity index (χ3v) is 6.54. The van der Waals surface area contributed by atoms with Crippen LogP contribution in [0.5, 0.6) is 17.2 Å². The van der Waals surface area contributed by atoms with Gasteiger partial charge in [-0.25, -0.2) is 9.38 Å². The molecule has 6 nitrogen and oxygen atoms in total. The summed E-state index contributed by atoms with van der Waals surface area (Å²) in [6.07, 6.45) is 1.75. The van der Waals surface area contributed by atoms with Crippen molar-refractivity contribution in [3.05, 3.63) is 87.0 Å². The highest BCUT2D eigenvalue weighted by Gasteiger charge is 2.24. The van der Waals surface area contributed by atoms with E-state index in [0.29, 0.717) is 43.9 Å². The number of methoxy groups -OCH3 is 1. The number of hydrogen-bond acceptors (Lipinski definition) is 6. The van der Waals surface area contributed by atoms with E-state index in [4.69, 9.17) is 14.2 Å². The Kier molecular flexibility index (Phi) is 8.09. The summed E-state index contributed by atoms with van der Waals surface area (Å²) in [6, 6.07) is 17.2. The molecule has 0 bridgehead atoms. The minimum atomic E-state index is -0.331. The molecule has 0 unspecified atom stereocenters. The molecule has 3 aromatic rings. The Hall–Kier alpha value is -3.30. The first-order valence-corrected chi connectivity index (χ1v) is 12.3. The highest BCUT2D eigenvalue weighted by molar-refractivity contribution is 9.10. The Labute approximate surface area is 215 Å². The second kappa shape index (κ2) is 11.4. The van der Waals surface area contributed by atoms with Crippen LogP contribution in [0, 0.1) is 5.82 Å². The van der Waals surface area contributed by atoms with Crippen LogP contribution in [0.1, 0.15) is 18.1 Å². The largest absolute Gasteiger partial charge is 0.497 e. The maximum absolute atomic E-state index is 14.0. The lowest BCUT2D eigenvalue weighted by Crippen LogP contribution is -2.19. The zero-order valence-electron chi connectivity index (χ0n) is 19.0. The van der Waals surface area contributed by atoms with Gasteiger partial charge in [0.1, 0.15) is 18.2 Å². The number of nitrogens with zero attached hydrogens (tertiary/aromatic N) is 1. The van der Waals surface area contributed by atoms with E-state index in [-0.39, 0.29) is 18.3 Å². The van der Waals surface area contributed by atoms with Crippen LogP contribution in [0.2, 0.25) is 0 Å². The van der Waals surface area contributed by atoms with Crippen molar-refractivity contribution in [2.45, 2.75) is 13.5 Å². The zero-order valence-corrected chi connectivity index (χ0v) is 21.4. The van der Waals surface area contributed by atoms with Crippen LogP contribution in [-0.4, -0.2) is 24.8 Å². The van der Waals surface area contributed by atoms with Gasteiger partial charge in [-0.05, 0) is 72.8 Å². The second-order valence-corrected chi connectivity index (χ2v) is 9.20. The van der Waals surface area contributed by atoms with Crippen LogP contribution in [0.3, 0.4) is 0 Å². The van der Waals surface area contributed by atoms with Gasteiger partial charge in [-0.2, -0.15) is 0 Å². The molecule has 3 aromatic carbocycles. The normalized spacial score (nSPS) is 15.4. The molecule has 9 heteroatoms. The molecule has 1 fully saturated rings. The van der Waals surface area contributed by atoms with E-state index < -0.39 is 0 Å².